The van der Waals surface area contributed by atoms with Crippen LogP contribution in [0.1, 0.15) is 5.56 Å². The Morgan fingerprint density at radius 1 is 1.31 bits per heavy atom. The molecule has 2 rings (SSSR count). The molecule has 2 nitrogen and oxygen atoms in total. The number of alkyl halides is 3. The molecule has 5 heteroatoms. The zero-order chi connectivity index (χ0) is 9.47. The third-order valence-electron chi connectivity index (χ3n) is 1.65. The minimum atomic E-state index is -3.53. The van der Waals surface area contributed by atoms with Gasteiger partial charge in [-0.3, -0.25) is 0 Å². The Labute approximate surface area is 81.6 Å². The summed E-state index contributed by atoms with van der Waals surface area (Å²) in [5, 5.41) is 0.454. The predicted octanol–water partition coefficient (Wildman–Crippen LogP) is 2.90. The molecule has 70 valence electrons. The van der Waals surface area contributed by atoms with Crippen LogP contribution < -0.4 is 9.47 Å². The van der Waals surface area contributed by atoms with E-state index in [1.807, 2.05) is 0 Å². The summed E-state index contributed by atoms with van der Waals surface area (Å²) in [5.41, 5.74) is 0.648. The molecule has 1 aliphatic rings. The average molecular weight is 251 g/mol. The second-order valence-electron chi connectivity index (χ2n) is 2.55. The van der Waals surface area contributed by atoms with Crippen LogP contribution in [0.4, 0.5) is 8.78 Å². The smallest absolute Gasteiger partial charge is 0.395 e. The van der Waals surface area contributed by atoms with Gasteiger partial charge in [0, 0.05) is 10.9 Å². The molecule has 1 aliphatic heterocycles. The molecule has 0 saturated carbocycles. The number of halogens is 3. The number of fused-ring (bicyclic) bond motifs is 1. The molecule has 0 fully saturated rings. The Balaban J connectivity index is 2.45. The minimum Gasteiger partial charge on any atom is -0.395 e. The second kappa shape index (κ2) is 2.83. The van der Waals surface area contributed by atoms with Gasteiger partial charge in [0.25, 0.3) is 0 Å². The van der Waals surface area contributed by atoms with Crippen molar-refractivity contribution in [1.82, 2.24) is 0 Å². The van der Waals surface area contributed by atoms with Gasteiger partial charge in [-0.15, -0.1) is 8.78 Å². The molecule has 0 saturated heterocycles. The van der Waals surface area contributed by atoms with Crippen LogP contribution >= 0.6 is 15.9 Å². The standard InChI is InChI=1S/C8H5BrF2O2/c9-4-5-2-1-3-6-7(5)13-8(10,11)12-6/h1-3H,4H2. The Bertz CT molecular complexity index is 341. The van der Waals surface area contributed by atoms with E-state index in [0.717, 1.165) is 0 Å². The third-order valence-corrected chi connectivity index (χ3v) is 2.26. The van der Waals surface area contributed by atoms with Crippen molar-refractivity contribution in [3.63, 3.8) is 0 Å². The van der Waals surface area contributed by atoms with E-state index >= 15 is 0 Å². The lowest BCUT2D eigenvalue weighted by Crippen LogP contribution is -2.26. The average Bonchev–Trinajstić information content (AvgIpc) is 2.37. The molecular weight excluding hydrogens is 246 g/mol. The van der Waals surface area contributed by atoms with Gasteiger partial charge in [0.1, 0.15) is 0 Å². The van der Waals surface area contributed by atoms with Gasteiger partial charge in [-0.05, 0) is 6.07 Å². The fourth-order valence-corrected chi connectivity index (χ4v) is 1.57. The Morgan fingerprint density at radius 2 is 2.08 bits per heavy atom. The van der Waals surface area contributed by atoms with E-state index in [1.165, 1.54) is 6.07 Å². The summed E-state index contributed by atoms with van der Waals surface area (Å²) in [7, 11) is 0. The van der Waals surface area contributed by atoms with Crippen LogP contribution in [0.25, 0.3) is 0 Å². The first-order valence-electron chi connectivity index (χ1n) is 3.56. The number of benzene rings is 1. The van der Waals surface area contributed by atoms with Crippen molar-refractivity contribution < 1.29 is 18.3 Å². The molecule has 1 heterocycles. The number of para-hydroxylation sites is 1. The highest BCUT2D eigenvalue weighted by Crippen LogP contribution is 2.43. The van der Waals surface area contributed by atoms with Crippen molar-refractivity contribution >= 4 is 15.9 Å². The number of hydrogen-bond donors (Lipinski definition) is 0. The molecule has 0 atom stereocenters. The number of hydrogen-bond acceptors (Lipinski definition) is 2. The summed E-state index contributed by atoms with van der Waals surface area (Å²) in [6, 6.07) is 4.78. The maximum absolute atomic E-state index is 12.6. The highest BCUT2D eigenvalue weighted by molar-refractivity contribution is 9.08. The summed E-state index contributed by atoms with van der Waals surface area (Å²) in [4.78, 5) is 0. The summed E-state index contributed by atoms with van der Waals surface area (Å²) >= 11 is 3.17. The summed E-state index contributed by atoms with van der Waals surface area (Å²) < 4.78 is 33.8. The van der Waals surface area contributed by atoms with Crippen LogP contribution in [0.3, 0.4) is 0 Å². The number of rotatable bonds is 1. The monoisotopic (exact) mass is 250 g/mol. The van der Waals surface area contributed by atoms with Gasteiger partial charge in [-0.1, -0.05) is 28.1 Å². The van der Waals surface area contributed by atoms with Crippen LogP contribution in [0.2, 0.25) is 0 Å². The molecule has 0 N–H and O–H groups in total. The van der Waals surface area contributed by atoms with Gasteiger partial charge in [-0.2, -0.15) is 0 Å². The van der Waals surface area contributed by atoms with Crippen molar-refractivity contribution in [2.75, 3.05) is 0 Å². The molecule has 0 spiro atoms. The Kier molecular flexibility index (Phi) is 1.91. The van der Waals surface area contributed by atoms with Crippen molar-refractivity contribution in [3.05, 3.63) is 23.8 Å². The molecule has 0 unspecified atom stereocenters. The van der Waals surface area contributed by atoms with Gasteiger partial charge in [0.15, 0.2) is 11.5 Å². The molecule has 1 aromatic rings. The van der Waals surface area contributed by atoms with Crippen LogP contribution in [0.5, 0.6) is 11.5 Å². The molecule has 0 amide bonds. The maximum atomic E-state index is 12.6. The fourth-order valence-electron chi connectivity index (χ4n) is 1.13. The molecule has 13 heavy (non-hydrogen) atoms. The fraction of sp³-hybridized carbons (Fsp3) is 0.250. The first kappa shape index (κ1) is 8.74. The Hall–Kier alpha value is -0.840. The zero-order valence-electron chi connectivity index (χ0n) is 6.39. The summed E-state index contributed by atoms with van der Waals surface area (Å²) in [5.74, 6) is 0.200. The number of ether oxygens (including phenoxy) is 2. The first-order chi connectivity index (χ1) is 6.12. The lowest BCUT2D eigenvalue weighted by atomic mass is 10.2. The second-order valence-corrected chi connectivity index (χ2v) is 3.11. The minimum absolute atomic E-state index is 0.0851. The van der Waals surface area contributed by atoms with Gasteiger partial charge in [0.2, 0.25) is 0 Å². The van der Waals surface area contributed by atoms with Gasteiger partial charge in [0.05, 0.1) is 0 Å². The third kappa shape index (κ3) is 1.48. The molecule has 0 radical (unpaired) electrons. The van der Waals surface area contributed by atoms with E-state index in [2.05, 4.69) is 25.4 Å². The van der Waals surface area contributed by atoms with Gasteiger partial charge >= 0.3 is 6.29 Å². The molecule has 1 aromatic carbocycles. The van der Waals surface area contributed by atoms with E-state index in [9.17, 15) is 8.78 Å². The maximum Gasteiger partial charge on any atom is 0.586 e. The molecule has 0 bridgehead atoms. The van der Waals surface area contributed by atoms with Crippen molar-refractivity contribution in [2.24, 2.45) is 0 Å². The quantitative estimate of drug-likeness (QED) is 0.714. The highest BCUT2D eigenvalue weighted by Gasteiger charge is 2.44. The lowest BCUT2D eigenvalue weighted by molar-refractivity contribution is -0.286. The zero-order valence-corrected chi connectivity index (χ0v) is 7.98. The molecular formula is C8H5BrF2O2. The largest absolute Gasteiger partial charge is 0.586 e. The highest BCUT2D eigenvalue weighted by atomic mass is 79.9. The topological polar surface area (TPSA) is 18.5 Å². The SMILES string of the molecule is FC1(F)Oc2cccc(CBr)c2O1. The molecule has 0 aliphatic carbocycles. The van der Waals surface area contributed by atoms with E-state index in [1.54, 1.807) is 12.1 Å². The van der Waals surface area contributed by atoms with E-state index in [4.69, 9.17) is 0 Å². The first-order valence-corrected chi connectivity index (χ1v) is 4.68. The van der Waals surface area contributed by atoms with Crippen molar-refractivity contribution in [3.8, 4) is 11.5 Å². The lowest BCUT2D eigenvalue weighted by Gasteiger charge is -2.05. The van der Waals surface area contributed by atoms with Crippen LogP contribution in [-0.2, 0) is 5.33 Å². The van der Waals surface area contributed by atoms with Gasteiger partial charge in [-0.25, -0.2) is 0 Å². The van der Waals surface area contributed by atoms with Crippen molar-refractivity contribution in [2.45, 2.75) is 11.6 Å². The van der Waals surface area contributed by atoms with Gasteiger partial charge < -0.3 is 9.47 Å². The summed E-state index contributed by atoms with van der Waals surface area (Å²) in [6.07, 6.45) is -3.53. The van der Waals surface area contributed by atoms with Crippen LogP contribution in [0.15, 0.2) is 18.2 Å². The van der Waals surface area contributed by atoms with Crippen LogP contribution in [-0.4, -0.2) is 6.29 Å². The molecule has 0 aromatic heterocycles. The predicted molar refractivity (Wildman–Crippen MR) is 45.3 cm³/mol. The Morgan fingerprint density at radius 3 is 2.77 bits per heavy atom. The van der Waals surface area contributed by atoms with E-state index < -0.39 is 6.29 Å². The van der Waals surface area contributed by atoms with E-state index in [0.29, 0.717) is 10.9 Å². The van der Waals surface area contributed by atoms with Crippen molar-refractivity contribution in [1.29, 1.82) is 0 Å². The van der Waals surface area contributed by atoms with Crippen LogP contribution in [0, 0.1) is 0 Å². The summed E-state index contributed by atoms with van der Waals surface area (Å²) in [6.45, 7) is 0. The van der Waals surface area contributed by atoms with E-state index in [-0.39, 0.29) is 11.5 Å². The normalized spacial score (nSPS) is 17.5.